The van der Waals surface area contributed by atoms with Gasteiger partial charge in [-0.3, -0.25) is 5.32 Å². The molecule has 3 heterocycles. The van der Waals surface area contributed by atoms with E-state index in [4.69, 9.17) is 14.5 Å². The number of hydrogen-bond donors (Lipinski definition) is 1. The SMILES string of the molecule is COC1(NC(C)C)C2(C)c3cc(C(C)C)c4ccccc4c3C3=[N+](C(C(C)C)=NC4Oc5cc6ccccc6cc5C34)C12C. The van der Waals surface area contributed by atoms with Crippen LogP contribution in [0.15, 0.2) is 71.7 Å². The Morgan fingerprint density at radius 1 is 0.864 bits per heavy atom. The number of ether oxygens (including phenoxy) is 2. The van der Waals surface area contributed by atoms with Crippen LogP contribution in [0.3, 0.4) is 0 Å². The highest BCUT2D eigenvalue weighted by atomic mass is 16.5. The van der Waals surface area contributed by atoms with Crippen LogP contribution in [0.25, 0.3) is 21.5 Å². The van der Waals surface area contributed by atoms with Gasteiger partial charge >= 0.3 is 5.84 Å². The van der Waals surface area contributed by atoms with Gasteiger partial charge in [0.2, 0.25) is 0 Å². The molecular weight excluding hydrogens is 542 g/mol. The second-order valence-corrected chi connectivity index (χ2v) is 14.6. The molecule has 5 nitrogen and oxygen atoms in total. The Kier molecular flexibility index (Phi) is 5.73. The van der Waals surface area contributed by atoms with Crippen molar-refractivity contribution < 1.29 is 14.0 Å². The minimum Gasteiger partial charge on any atom is -0.447 e. The fourth-order valence-corrected chi connectivity index (χ4v) is 9.30. The number of nitrogens with one attached hydrogen (secondary N) is 1. The zero-order chi connectivity index (χ0) is 30.9. The van der Waals surface area contributed by atoms with E-state index < -0.39 is 11.3 Å². The third-order valence-electron chi connectivity index (χ3n) is 11.3. The number of rotatable bonds is 5. The Morgan fingerprint density at radius 3 is 2.16 bits per heavy atom. The van der Waals surface area contributed by atoms with Crippen molar-refractivity contribution in [3.05, 3.63) is 89.0 Å². The Labute approximate surface area is 261 Å². The highest BCUT2D eigenvalue weighted by Crippen LogP contribution is 2.72. The summed E-state index contributed by atoms with van der Waals surface area (Å²) in [6.45, 7) is 18.4. The number of fused-ring (bicyclic) bond motifs is 12. The quantitative estimate of drug-likeness (QED) is 0.191. The smallest absolute Gasteiger partial charge is 0.300 e. The lowest BCUT2D eigenvalue weighted by Gasteiger charge is -2.36. The second kappa shape index (κ2) is 9.02. The van der Waals surface area contributed by atoms with Crippen molar-refractivity contribution in [1.82, 2.24) is 5.32 Å². The van der Waals surface area contributed by atoms with Gasteiger partial charge in [-0.2, -0.15) is 0 Å². The van der Waals surface area contributed by atoms with Crippen molar-refractivity contribution in [2.75, 3.05) is 7.11 Å². The molecule has 4 aromatic carbocycles. The van der Waals surface area contributed by atoms with Gasteiger partial charge in [0.25, 0.3) is 6.23 Å². The molecule has 5 atom stereocenters. The van der Waals surface area contributed by atoms with Gasteiger partial charge in [0.15, 0.2) is 11.3 Å². The summed E-state index contributed by atoms with van der Waals surface area (Å²) in [5.41, 5.74) is 5.19. The Bertz CT molecular complexity index is 1950. The van der Waals surface area contributed by atoms with Crippen LogP contribution in [0, 0.1) is 5.92 Å². The van der Waals surface area contributed by atoms with E-state index in [0.717, 1.165) is 11.6 Å². The number of methoxy groups -OCH3 is 1. The molecule has 5 heteroatoms. The molecule has 44 heavy (non-hydrogen) atoms. The van der Waals surface area contributed by atoms with E-state index in [1.165, 1.54) is 49.5 Å². The molecule has 0 spiro atoms. The van der Waals surface area contributed by atoms with Crippen molar-refractivity contribution in [2.24, 2.45) is 10.9 Å². The molecule has 0 radical (unpaired) electrons. The summed E-state index contributed by atoms with van der Waals surface area (Å²) in [4.78, 5) is 5.48. The van der Waals surface area contributed by atoms with Crippen molar-refractivity contribution in [2.45, 2.75) is 96.2 Å². The topological polar surface area (TPSA) is 45.9 Å². The summed E-state index contributed by atoms with van der Waals surface area (Å²) < 4.78 is 16.2. The lowest BCUT2D eigenvalue weighted by molar-refractivity contribution is -0.495. The molecule has 4 aromatic rings. The van der Waals surface area contributed by atoms with Crippen molar-refractivity contribution in [3.63, 3.8) is 0 Å². The van der Waals surface area contributed by atoms with Gasteiger partial charge < -0.3 is 9.47 Å². The third-order valence-corrected chi connectivity index (χ3v) is 11.3. The normalized spacial score (nSPS) is 29.9. The van der Waals surface area contributed by atoms with Crippen molar-refractivity contribution in [3.8, 4) is 5.75 Å². The fourth-order valence-electron chi connectivity index (χ4n) is 9.30. The van der Waals surface area contributed by atoms with Crippen molar-refractivity contribution in [1.29, 1.82) is 0 Å². The zero-order valence-electron chi connectivity index (χ0n) is 27.4. The van der Waals surface area contributed by atoms with E-state index in [1.807, 2.05) is 7.11 Å². The summed E-state index contributed by atoms with van der Waals surface area (Å²) >= 11 is 0. The number of hydrogen-bond acceptors (Lipinski definition) is 4. The van der Waals surface area contributed by atoms with Crippen LogP contribution < -0.4 is 10.1 Å². The van der Waals surface area contributed by atoms with E-state index in [2.05, 4.69) is 132 Å². The maximum Gasteiger partial charge on any atom is 0.300 e. The van der Waals surface area contributed by atoms with Gasteiger partial charge in [-0.05, 0) is 83.4 Å². The van der Waals surface area contributed by atoms with E-state index >= 15 is 0 Å². The number of aliphatic imine (C=N–C) groups is 1. The monoisotopic (exact) mass is 586 g/mol. The zero-order valence-corrected chi connectivity index (χ0v) is 27.4. The first-order valence-electron chi connectivity index (χ1n) is 16.3. The highest BCUT2D eigenvalue weighted by Gasteiger charge is 2.92. The van der Waals surface area contributed by atoms with Gasteiger partial charge in [0, 0.05) is 24.3 Å². The van der Waals surface area contributed by atoms with E-state index in [0.29, 0.717) is 5.92 Å². The summed E-state index contributed by atoms with van der Waals surface area (Å²) in [6.07, 6.45) is -0.316. The maximum atomic E-state index is 6.81. The molecule has 1 N–H and O–H groups in total. The minimum atomic E-state index is -0.629. The molecule has 8 rings (SSSR count). The van der Waals surface area contributed by atoms with Crippen LogP contribution in [0.5, 0.6) is 5.75 Å². The average molecular weight is 587 g/mol. The summed E-state index contributed by atoms with van der Waals surface area (Å²) in [7, 11) is 1.88. The highest BCUT2D eigenvalue weighted by molar-refractivity contribution is 6.18. The number of amidine groups is 1. The molecule has 1 saturated carbocycles. The molecule has 1 aliphatic carbocycles. The standard InChI is InChI=1S/C39H44N3O2/c1-21(2)28-20-30-32(27-17-13-12-16-26(27)28)34-33-29-18-24-14-10-11-15-25(24)19-31(29)44-36(33)40-35(22(3)4)42(34)38(8)37(30,7)39(38,43-9)41-23(5)6/h10-23,33,36,41H,1-9H3/q+1. The molecule has 4 aliphatic rings. The van der Waals surface area contributed by atoms with E-state index in [-0.39, 0.29) is 29.5 Å². The largest absolute Gasteiger partial charge is 0.447 e. The molecule has 3 aliphatic heterocycles. The number of nitrogens with zero attached hydrogens (tertiary/aromatic N) is 2. The molecule has 0 bridgehead atoms. The molecule has 5 unspecified atom stereocenters. The van der Waals surface area contributed by atoms with Crippen LogP contribution in [0.1, 0.15) is 89.5 Å². The predicted octanol–water partition coefficient (Wildman–Crippen LogP) is 7.87. The molecule has 1 fully saturated rings. The van der Waals surface area contributed by atoms with Crippen molar-refractivity contribution >= 4 is 33.1 Å². The van der Waals surface area contributed by atoms with Gasteiger partial charge in [0.05, 0.1) is 11.3 Å². The first kappa shape index (κ1) is 28.0. The second-order valence-electron chi connectivity index (χ2n) is 14.6. The first-order valence-corrected chi connectivity index (χ1v) is 16.3. The number of benzene rings is 4. The summed E-state index contributed by atoms with van der Waals surface area (Å²) in [6, 6.07) is 24.9. The Morgan fingerprint density at radius 2 is 1.52 bits per heavy atom. The Balaban J connectivity index is 1.55. The maximum absolute atomic E-state index is 6.81. The average Bonchev–Trinajstić information content (AvgIpc) is 3.22. The van der Waals surface area contributed by atoms with Gasteiger partial charge in [-0.1, -0.05) is 82.3 Å². The van der Waals surface area contributed by atoms with E-state index in [9.17, 15) is 0 Å². The lowest BCUT2D eigenvalue weighted by atomic mass is 9.74. The molecule has 0 aromatic heterocycles. The fraction of sp³-hybridized carbons (Fsp3) is 0.436. The molecule has 0 saturated heterocycles. The lowest BCUT2D eigenvalue weighted by Crippen LogP contribution is -2.55. The molecular formula is C39H44N3O2+. The van der Waals surface area contributed by atoms with Gasteiger partial charge in [-0.15, -0.1) is 0 Å². The summed E-state index contributed by atoms with van der Waals surface area (Å²) in [5, 5.41) is 9.02. The van der Waals surface area contributed by atoms with Crippen LogP contribution in [0.2, 0.25) is 0 Å². The van der Waals surface area contributed by atoms with Gasteiger partial charge in [-0.25, -0.2) is 4.58 Å². The Hall–Kier alpha value is -3.54. The van der Waals surface area contributed by atoms with Gasteiger partial charge in [0.1, 0.15) is 17.4 Å². The van der Waals surface area contributed by atoms with Crippen LogP contribution >= 0.6 is 0 Å². The first-order chi connectivity index (χ1) is 21.0. The predicted molar refractivity (Wildman–Crippen MR) is 180 cm³/mol. The third kappa shape index (κ3) is 3.12. The molecule has 0 amide bonds. The molecule has 226 valence electrons. The van der Waals surface area contributed by atoms with E-state index in [1.54, 1.807) is 0 Å². The minimum absolute atomic E-state index is 0.0419. The van der Waals surface area contributed by atoms with Crippen LogP contribution in [-0.4, -0.2) is 46.8 Å². The van der Waals surface area contributed by atoms with Crippen LogP contribution in [0.4, 0.5) is 0 Å². The van der Waals surface area contributed by atoms with Crippen LogP contribution in [-0.2, 0) is 10.2 Å². The summed E-state index contributed by atoms with van der Waals surface area (Å²) in [5.74, 6) is 2.54.